The molecule has 2 saturated carbocycles. The highest BCUT2D eigenvalue weighted by Crippen LogP contribution is 2.26. The van der Waals surface area contributed by atoms with E-state index in [0.717, 1.165) is 19.3 Å². The van der Waals surface area contributed by atoms with Crippen molar-refractivity contribution < 1.29 is 14.7 Å². The molecule has 114 valence electrons. The molecule has 5 heteroatoms. The monoisotopic (exact) mass is 282 g/mol. The van der Waals surface area contributed by atoms with Crippen LogP contribution in [0.15, 0.2) is 0 Å². The fourth-order valence-corrected chi connectivity index (χ4v) is 3.42. The fourth-order valence-electron chi connectivity index (χ4n) is 3.42. The lowest BCUT2D eigenvalue weighted by atomic mass is 10.1. The van der Waals surface area contributed by atoms with Crippen LogP contribution in [0, 0.1) is 5.92 Å². The van der Waals surface area contributed by atoms with Gasteiger partial charge in [0.05, 0.1) is 5.92 Å². The average Bonchev–Trinajstić information content (AvgIpc) is 2.72. The number of hydrogen-bond acceptors (Lipinski definition) is 2. The van der Waals surface area contributed by atoms with Crippen molar-refractivity contribution >= 4 is 12.0 Å². The first-order valence-corrected chi connectivity index (χ1v) is 7.84. The van der Waals surface area contributed by atoms with E-state index in [-0.39, 0.29) is 18.0 Å². The van der Waals surface area contributed by atoms with E-state index in [9.17, 15) is 9.59 Å². The molecule has 2 amide bonds. The van der Waals surface area contributed by atoms with Crippen molar-refractivity contribution in [3.05, 3.63) is 0 Å². The predicted molar refractivity (Wildman–Crippen MR) is 76.5 cm³/mol. The van der Waals surface area contributed by atoms with Crippen LogP contribution in [0.5, 0.6) is 0 Å². The number of carbonyl (C=O) groups is 2. The second-order valence-electron chi connectivity index (χ2n) is 6.25. The predicted octanol–water partition coefficient (Wildman–Crippen LogP) is 2.60. The molecule has 0 aliphatic heterocycles. The molecular weight excluding hydrogens is 256 g/mol. The Morgan fingerprint density at radius 3 is 2.25 bits per heavy atom. The molecule has 0 saturated heterocycles. The molecule has 0 bridgehead atoms. The minimum absolute atomic E-state index is 0.0248. The van der Waals surface area contributed by atoms with Crippen molar-refractivity contribution in [2.24, 2.45) is 5.92 Å². The van der Waals surface area contributed by atoms with E-state index in [1.54, 1.807) is 0 Å². The molecule has 2 unspecified atom stereocenters. The van der Waals surface area contributed by atoms with Gasteiger partial charge in [0.2, 0.25) is 0 Å². The molecule has 2 aliphatic carbocycles. The van der Waals surface area contributed by atoms with E-state index in [1.165, 1.54) is 25.7 Å². The van der Waals surface area contributed by atoms with Crippen LogP contribution in [0.4, 0.5) is 4.79 Å². The fraction of sp³-hybridized carbons (Fsp3) is 0.867. The summed E-state index contributed by atoms with van der Waals surface area (Å²) in [6, 6.07) is 0.332. The molecule has 2 aliphatic rings. The van der Waals surface area contributed by atoms with Gasteiger partial charge in [-0.2, -0.15) is 0 Å². The van der Waals surface area contributed by atoms with Gasteiger partial charge in [-0.1, -0.05) is 25.7 Å². The third-order valence-electron chi connectivity index (χ3n) is 4.80. The Kier molecular flexibility index (Phi) is 5.26. The molecule has 2 rings (SSSR count). The number of rotatable bonds is 3. The molecule has 2 N–H and O–H groups in total. The number of nitrogens with zero attached hydrogens (tertiary/aromatic N) is 1. The third-order valence-corrected chi connectivity index (χ3v) is 4.80. The van der Waals surface area contributed by atoms with Crippen LogP contribution >= 0.6 is 0 Å². The quantitative estimate of drug-likeness (QED) is 0.782. The number of amides is 2. The molecule has 2 atom stereocenters. The summed E-state index contributed by atoms with van der Waals surface area (Å²) in [4.78, 5) is 25.0. The summed E-state index contributed by atoms with van der Waals surface area (Å²) >= 11 is 0. The highest BCUT2D eigenvalue weighted by molar-refractivity contribution is 5.75. The zero-order valence-electron chi connectivity index (χ0n) is 12.3. The third kappa shape index (κ3) is 3.87. The molecule has 0 aromatic carbocycles. The van der Waals surface area contributed by atoms with Crippen molar-refractivity contribution in [1.29, 1.82) is 0 Å². The molecular formula is C15H26N2O3. The number of carboxylic acids is 1. The molecule has 2 fully saturated rings. The average molecular weight is 282 g/mol. The largest absolute Gasteiger partial charge is 0.481 e. The smallest absolute Gasteiger partial charge is 0.317 e. The summed E-state index contributed by atoms with van der Waals surface area (Å²) in [7, 11) is 1.87. The Labute approximate surface area is 120 Å². The van der Waals surface area contributed by atoms with Crippen LogP contribution < -0.4 is 5.32 Å². The van der Waals surface area contributed by atoms with Crippen LogP contribution in [0.25, 0.3) is 0 Å². The molecule has 0 radical (unpaired) electrons. The summed E-state index contributed by atoms with van der Waals surface area (Å²) in [5.41, 5.74) is 0. The molecule has 0 aromatic heterocycles. The topological polar surface area (TPSA) is 69.6 Å². The number of aliphatic carboxylic acids is 1. The van der Waals surface area contributed by atoms with Crippen LogP contribution in [0.1, 0.15) is 57.8 Å². The first-order valence-electron chi connectivity index (χ1n) is 7.84. The minimum atomic E-state index is -0.737. The summed E-state index contributed by atoms with van der Waals surface area (Å²) in [6.45, 7) is 0. The van der Waals surface area contributed by atoms with Gasteiger partial charge in [0.1, 0.15) is 0 Å². The number of carboxylic acid groups (broad SMARTS) is 1. The first kappa shape index (κ1) is 15.1. The zero-order chi connectivity index (χ0) is 14.5. The second-order valence-corrected chi connectivity index (χ2v) is 6.25. The van der Waals surface area contributed by atoms with Gasteiger partial charge >= 0.3 is 12.0 Å². The Balaban J connectivity index is 1.80. The number of carbonyl (C=O) groups excluding carboxylic acids is 1. The highest BCUT2D eigenvalue weighted by Gasteiger charge is 2.31. The van der Waals surface area contributed by atoms with E-state index >= 15 is 0 Å². The summed E-state index contributed by atoms with van der Waals surface area (Å²) in [5, 5.41) is 12.0. The lowest BCUT2D eigenvalue weighted by molar-refractivity contribution is -0.141. The molecule has 0 spiro atoms. The SMILES string of the molecule is CN(C(=O)NC1CCC(C(=O)O)C1)C1CCCCCC1. The normalized spacial score (nSPS) is 27.9. The van der Waals surface area contributed by atoms with E-state index in [0.29, 0.717) is 18.9 Å². The van der Waals surface area contributed by atoms with E-state index in [4.69, 9.17) is 5.11 Å². The summed E-state index contributed by atoms with van der Waals surface area (Å²) < 4.78 is 0. The van der Waals surface area contributed by atoms with Crippen molar-refractivity contribution in [3.8, 4) is 0 Å². The Bertz CT molecular complexity index is 351. The van der Waals surface area contributed by atoms with Gasteiger partial charge in [-0.15, -0.1) is 0 Å². The van der Waals surface area contributed by atoms with Gasteiger partial charge in [-0.3, -0.25) is 4.79 Å². The van der Waals surface area contributed by atoms with Gasteiger partial charge in [-0.05, 0) is 32.1 Å². The minimum Gasteiger partial charge on any atom is -0.481 e. The van der Waals surface area contributed by atoms with Crippen molar-refractivity contribution in [2.75, 3.05) is 7.05 Å². The van der Waals surface area contributed by atoms with Gasteiger partial charge < -0.3 is 15.3 Å². The van der Waals surface area contributed by atoms with Crippen molar-refractivity contribution in [2.45, 2.75) is 69.9 Å². The first-order chi connectivity index (χ1) is 9.58. The summed E-state index contributed by atoms with van der Waals surface area (Å²) in [6.07, 6.45) is 9.15. The molecule has 0 heterocycles. The van der Waals surface area contributed by atoms with Crippen LogP contribution in [-0.4, -0.2) is 41.1 Å². The second kappa shape index (κ2) is 6.95. The van der Waals surface area contributed by atoms with Gasteiger partial charge in [0.15, 0.2) is 0 Å². The number of urea groups is 1. The highest BCUT2D eigenvalue weighted by atomic mass is 16.4. The van der Waals surface area contributed by atoms with Crippen molar-refractivity contribution in [3.63, 3.8) is 0 Å². The Hall–Kier alpha value is -1.26. The maximum Gasteiger partial charge on any atom is 0.317 e. The Morgan fingerprint density at radius 2 is 1.70 bits per heavy atom. The van der Waals surface area contributed by atoms with E-state index in [1.807, 2.05) is 11.9 Å². The van der Waals surface area contributed by atoms with E-state index < -0.39 is 5.97 Å². The van der Waals surface area contributed by atoms with Gasteiger partial charge in [0.25, 0.3) is 0 Å². The maximum atomic E-state index is 12.3. The van der Waals surface area contributed by atoms with E-state index in [2.05, 4.69) is 5.32 Å². The van der Waals surface area contributed by atoms with Crippen LogP contribution in [-0.2, 0) is 4.79 Å². The Morgan fingerprint density at radius 1 is 1.05 bits per heavy atom. The number of hydrogen-bond donors (Lipinski definition) is 2. The summed E-state index contributed by atoms with van der Waals surface area (Å²) in [5.74, 6) is -1.03. The lowest BCUT2D eigenvalue weighted by Crippen LogP contribution is -2.46. The van der Waals surface area contributed by atoms with Gasteiger partial charge in [-0.25, -0.2) is 4.79 Å². The lowest BCUT2D eigenvalue weighted by Gasteiger charge is -2.28. The molecule has 20 heavy (non-hydrogen) atoms. The van der Waals surface area contributed by atoms with Crippen LogP contribution in [0.2, 0.25) is 0 Å². The van der Waals surface area contributed by atoms with Crippen LogP contribution in [0.3, 0.4) is 0 Å². The van der Waals surface area contributed by atoms with Crippen molar-refractivity contribution in [1.82, 2.24) is 10.2 Å². The molecule has 5 nitrogen and oxygen atoms in total. The maximum absolute atomic E-state index is 12.3. The molecule has 0 aromatic rings. The van der Waals surface area contributed by atoms with Gasteiger partial charge in [0, 0.05) is 19.1 Å². The zero-order valence-corrected chi connectivity index (χ0v) is 12.3. The standard InChI is InChI=1S/C15H26N2O3/c1-17(13-6-4-2-3-5-7-13)15(20)16-12-9-8-11(10-12)14(18)19/h11-13H,2-10H2,1H3,(H,16,20)(H,18,19). The number of nitrogens with one attached hydrogen (secondary N) is 1.